The lowest BCUT2D eigenvalue weighted by Gasteiger charge is -2.12. The van der Waals surface area contributed by atoms with Crippen molar-refractivity contribution in [3.05, 3.63) is 28.2 Å². The molecule has 4 nitrogen and oxygen atoms in total. The molecule has 0 spiro atoms. The molecule has 0 radical (unpaired) electrons. The molecule has 6 heteroatoms. The van der Waals surface area contributed by atoms with Gasteiger partial charge in [-0.2, -0.15) is 0 Å². The summed E-state index contributed by atoms with van der Waals surface area (Å²) in [5, 5.41) is 11.9. The van der Waals surface area contributed by atoms with Gasteiger partial charge in [-0.1, -0.05) is 11.2 Å². The number of nitrogens with zero attached hydrogens (tertiary/aromatic N) is 1. The van der Waals surface area contributed by atoms with Gasteiger partial charge in [0.25, 0.3) is 0 Å². The van der Waals surface area contributed by atoms with E-state index < -0.39 is 0 Å². The lowest BCUT2D eigenvalue weighted by atomic mass is 10.2. The summed E-state index contributed by atoms with van der Waals surface area (Å²) in [6.07, 6.45) is 2.56. The van der Waals surface area contributed by atoms with Gasteiger partial charge in [0.1, 0.15) is 0 Å². The minimum absolute atomic E-state index is 0.123. The predicted octanol–water partition coefficient (Wildman–Crippen LogP) is 2.81. The van der Waals surface area contributed by atoms with Crippen LogP contribution in [-0.2, 0) is 4.74 Å². The number of hydrogen-bond acceptors (Lipinski definition) is 4. The van der Waals surface area contributed by atoms with Crippen LogP contribution in [0.2, 0.25) is 0 Å². The number of oxime groups is 1. The first-order chi connectivity index (χ1) is 8.72. The molecule has 1 unspecified atom stereocenters. The van der Waals surface area contributed by atoms with Crippen molar-refractivity contribution in [3.8, 4) is 0 Å². The molecule has 98 valence electrons. The predicted molar refractivity (Wildman–Crippen MR) is 76.4 cm³/mol. The molecule has 1 atom stereocenters. The van der Waals surface area contributed by atoms with Crippen molar-refractivity contribution in [2.75, 3.05) is 12.4 Å². The van der Waals surface area contributed by atoms with Gasteiger partial charge < -0.3 is 15.7 Å². The Labute approximate surface area is 119 Å². The zero-order chi connectivity index (χ0) is 13.0. The van der Waals surface area contributed by atoms with Gasteiger partial charge in [-0.05, 0) is 40.9 Å². The Kier molecular flexibility index (Phi) is 4.91. The summed E-state index contributed by atoms with van der Waals surface area (Å²) in [5.74, 6) is 1.01. The molecule has 1 heterocycles. The van der Waals surface area contributed by atoms with Crippen LogP contribution in [0, 0.1) is 0 Å². The standard InChI is InChI=1S/C12H15BrN2O2S/c13-9-4-1-5-10(11(9)12(14)15-16)18-7-8-3-2-6-17-8/h1,4-5,8,16H,2-3,6-7H2,(H2,14,15). The highest BCUT2D eigenvalue weighted by atomic mass is 79.9. The monoisotopic (exact) mass is 330 g/mol. The quantitative estimate of drug-likeness (QED) is 0.293. The summed E-state index contributed by atoms with van der Waals surface area (Å²) in [7, 11) is 0. The van der Waals surface area contributed by atoms with E-state index in [0.717, 1.165) is 40.1 Å². The van der Waals surface area contributed by atoms with E-state index in [1.54, 1.807) is 11.8 Å². The van der Waals surface area contributed by atoms with Gasteiger partial charge >= 0.3 is 0 Å². The third kappa shape index (κ3) is 3.18. The molecule has 1 aliphatic rings. The molecular weight excluding hydrogens is 316 g/mol. The van der Waals surface area contributed by atoms with E-state index in [0.29, 0.717) is 6.10 Å². The van der Waals surface area contributed by atoms with Crippen LogP contribution in [0.1, 0.15) is 18.4 Å². The molecule has 0 aliphatic carbocycles. The van der Waals surface area contributed by atoms with Crippen molar-refractivity contribution in [1.82, 2.24) is 0 Å². The molecule has 0 amide bonds. The van der Waals surface area contributed by atoms with Crippen LogP contribution in [0.25, 0.3) is 0 Å². The molecule has 1 fully saturated rings. The van der Waals surface area contributed by atoms with Crippen LogP contribution in [0.5, 0.6) is 0 Å². The van der Waals surface area contributed by atoms with Crippen LogP contribution < -0.4 is 5.73 Å². The number of ether oxygens (including phenoxy) is 1. The number of benzene rings is 1. The summed E-state index contributed by atoms with van der Waals surface area (Å²) in [6.45, 7) is 0.858. The number of rotatable bonds is 4. The van der Waals surface area contributed by atoms with E-state index >= 15 is 0 Å². The third-order valence-electron chi connectivity index (χ3n) is 2.79. The van der Waals surface area contributed by atoms with Gasteiger partial charge in [0.15, 0.2) is 5.84 Å². The second-order valence-corrected chi connectivity index (χ2v) is 5.96. The van der Waals surface area contributed by atoms with Crippen LogP contribution in [0.3, 0.4) is 0 Å². The van der Waals surface area contributed by atoms with Gasteiger partial charge in [-0.3, -0.25) is 0 Å². The highest BCUT2D eigenvalue weighted by Crippen LogP contribution is 2.30. The molecule has 0 bridgehead atoms. The second-order valence-electron chi connectivity index (χ2n) is 4.04. The zero-order valence-electron chi connectivity index (χ0n) is 9.80. The molecule has 0 saturated carbocycles. The molecule has 1 aromatic carbocycles. The van der Waals surface area contributed by atoms with Crippen molar-refractivity contribution < 1.29 is 9.94 Å². The Hall–Kier alpha value is -0.720. The van der Waals surface area contributed by atoms with Gasteiger partial charge in [0.2, 0.25) is 0 Å². The highest BCUT2D eigenvalue weighted by Gasteiger charge is 2.18. The van der Waals surface area contributed by atoms with Crippen LogP contribution in [0.4, 0.5) is 0 Å². The third-order valence-corrected chi connectivity index (χ3v) is 4.64. The molecule has 18 heavy (non-hydrogen) atoms. The van der Waals surface area contributed by atoms with E-state index in [4.69, 9.17) is 15.7 Å². The Morgan fingerprint density at radius 2 is 2.44 bits per heavy atom. The van der Waals surface area contributed by atoms with Gasteiger partial charge in [0.05, 0.1) is 6.10 Å². The van der Waals surface area contributed by atoms with Crippen LogP contribution >= 0.6 is 27.7 Å². The van der Waals surface area contributed by atoms with Crippen molar-refractivity contribution in [2.45, 2.75) is 23.8 Å². The highest BCUT2D eigenvalue weighted by molar-refractivity contribution is 9.10. The van der Waals surface area contributed by atoms with E-state index in [1.807, 2.05) is 18.2 Å². The van der Waals surface area contributed by atoms with Gasteiger partial charge in [-0.25, -0.2) is 0 Å². The van der Waals surface area contributed by atoms with Crippen molar-refractivity contribution in [2.24, 2.45) is 10.9 Å². The van der Waals surface area contributed by atoms with Crippen LogP contribution in [0.15, 0.2) is 32.7 Å². The van der Waals surface area contributed by atoms with E-state index in [2.05, 4.69) is 21.1 Å². The normalized spacial score (nSPS) is 20.3. The SMILES string of the molecule is N/C(=N/O)c1c(Br)cccc1SCC1CCCO1. The molecule has 0 aromatic heterocycles. The van der Waals surface area contributed by atoms with Crippen LogP contribution in [-0.4, -0.2) is 29.5 Å². The lowest BCUT2D eigenvalue weighted by molar-refractivity contribution is 0.129. The number of thioether (sulfide) groups is 1. The first kappa shape index (κ1) is 13.7. The fraction of sp³-hybridized carbons (Fsp3) is 0.417. The van der Waals surface area contributed by atoms with E-state index in [9.17, 15) is 0 Å². The maximum atomic E-state index is 8.83. The molecule has 3 N–H and O–H groups in total. The second kappa shape index (κ2) is 6.45. The molecule has 1 saturated heterocycles. The Morgan fingerprint density at radius 3 is 3.11 bits per heavy atom. The Bertz CT molecular complexity index is 448. The smallest absolute Gasteiger partial charge is 0.172 e. The number of nitrogens with two attached hydrogens (primary N) is 1. The zero-order valence-corrected chi connectivity index (χ0v) is 12.2. The first-order valence-corrected chi connectivity index (χ1v) is 7.51. The van der Waals surface area contributed by atoms with Crippen molar-refractivity contribution in [1.29, 1.82) is 0 Å². The Morgan fingerprint density at radius 1 is 1.61 bits per heavy atom. The van der Waals surface area contributed by atoms with Gasteiger partial charge in [-0.15, -0.1) is 11.8 Å². The summed E-state index contributed by atoms with van der Waals surface area (Å²) in [6, 6.07) is 5.79. The molecule has 2 rings (SSSR count). The summed E-state index contributed by atoms with van der Waals surface area (Å²) in [5.41, 5.74) is 6.44. The fourth-order valence-electron chi connectivity index (χ4n) is 1.88. The van der Waals surface area contributed by atoms with E-state index in [-0.39, 0.29) is 5.84 Å². The maximum absolute atomic E-state index is 8.83. The lowest BCUT2D eigenvalue weighted by Crippen LogP contribution is -2.16. The van der Waals surface area contributed by atoms with Gasteiger partial charge in [0, 0.05) is 27.3 Å². The summed E-state index contributed by atoms with van der Waals surface area (Å²) in [4.78, 5) is 0.996. The largest absolute Gasteiger partial charge is 0.409 e. The molecule has 1 aromatic rings. The topological polar surface area (TPSA) is 67.8 Å². The van der Waals surface area contributed by atoms with E-state index in [1.165, 1.54) is 0 Å². The van der Waals surface area contributed by atoms with Crippen molar-refractivity contribution in [3.63, 3.8) is 0 Å². The molecular formula is C12H15BrN2O2S. The van der Waals surface area contributed by atoms with Crippen molar-refractivity contribution >= 4 is 33.5 Å². The first-order valence-electron chi connectivity index (χ1n) is 5.73. The number of amidine groups is 1. The fourth-order valence-corrected chi connectivity index (χ4v) is 3.74. The summed E-state index contributed by atoms with van der Waals surface area (Å²) >= 11 is 5.10. The maximum Gasteiger partial charge on any atom is 0.172 e. The Balaban J connectivity index is 2.13. The average molecular weight is 331 g/mol. The summed E-state index contributed by atoms with van der Waals surface area (Å²) < 4.78 is 6.42. The number of hydrogen-bond donors (Lipinski definition) is 2. The number of halogens is 1. The minimum Gasteiger partial charge on any atom is -0.409 e. The average Bonchev–Trinajstić information content (AvgIpc) is 2.88. The molecule has 1 aliphatic heterocycles. The minimum atomic E-state index is 0.123.